The van der Waals surface area contributed by atoms with Crippen molar-refractivity contribution >= 4 is 93.9 Å². The molecule has 2 fully saturated rings. The van der Waals surface area contributed by atoms with E-state index < -0.39 is 193 Å². The maximum atomic E-state index is 15.2. The van der Waals surface area contributed by atoms with Gasteiger partial charge in [-0.25, -0.2) is 4.79 Å². The normalized spacial score (nSPS) is 24.4. The Kier molecular flexibility index (Phi) is 30.8. The number of para-hydroxylation sites is 1. The first kappa shape index (κ1) is 84.2. The van der Waals surface area contributed by atoms with Gasteiger partial charge in [0.2, 0.25) is 65.3 Å². The number of esters is 1. The zero-order valence-electron chi connectivity index (χ0n) is 61.6. The molecule has 11 amide bonds. The largest absolute Gasteiger partial charge is 0.497 e. The van der Waals surface area contributed by atoms with Crippen molar-refractivity contribution in [3.63, 3.8) is 0 Å². The number of aliphatic hydroxyl groups excluding tert-OH is 4. The Morgan fingerprint density at radius 3 is 1.95 bits per heavy atom. The van der Waals surface area contributed by atoms with Crippen LogP contribution in [0.1, 0.15) is 133 Å². The number of H-pyrrole nitrogens is 1. The van der Waals surface area contributed by atoms with Crippen molar-refractivity contribution in [1.82, 2.24) is 63.1 Å². The molecule has 5 aromatic rings. The van der Waals surface area contributed by atoms with Crippen LogP contribution in [0, 0.1) is 18.8 Å². The monoisotopic (exact) mass is 1500 g/mol. The molecule has 4 aromatic carbocycles. The van der Waals surface area contributed by atoms with Gasteiger partial charge in [-0.05, 0) is 111 Å². The molecule has 108 heavy (non-hydrogen) atoms. The van der Waals surface area contributed by atoms with Gasteiger partial charge in [-0.1, -0.05) is 125 Å². The fourth-order valence-corrected chi connectivity index (χ4v) is 12.7. The number of carbonyl (C=O) groups excluding carboxylic acids is 12. The average Bonchev–Trinajstić information content (AvgIpc) is 1.64. The van der Waals surface area contributed by atoms with Gasteiger partial charge >= 0.3 is 11.9 Å². The lowest BCUT2D eigenvalue weighted by molar-refractivity contribution is -0.158. The SMILES string of the molecule is C/C=C\c1ccccc1CCC(=O)N[C@@H]1CC(C)OC(=O)C([C@@H](O)C(C)C)NC(=O)[C@H](CC(C)C)NC(=O)C(O)NC(=O)C(Cc2c(C)[nH]c3ccccc23)NC(=O)C(C(O)c2ccc(OC)cc2)NC(=O)C2CCCN2C(=O)C(C(O)c2ccccc2)NC(=O)CNC(=O)C(CC(=O)O)NC(=O)[C@H](C)NC1=O. The van der Waals surface area contributed by atoms with Gasteiger partial charge in [-0.2, -0.15) is 0 Å². The van der Waals surface area contributed by atoms with Crippen molar-refractivity contribution in [3.8, 4) is 5.75 Å². The van der Waals surface area contributed by atoms with Crippen molar-refractivity contribution in [1.29, 1.82) is 0 Å². The van der Waals surface area contributed by atoms with Crippen molar-refractivity contribution in [2.75, 3.05) is 20.2 Å². The van der Waals surface area contributed by atoms with E-state index in [9.17, 15) is 78.3 Å². The van der Waals surface area contributed by atoms with Gasteiger partial charge in [0.25, 0.3) is 5.91 Å². The van der Waals surface area contributed by atoms with Crippen LogP contribution in [0.4, 0.5) is 0 Å². The molecule has 1 aromatic heterocycles. The van der Waals surface area contributed by atoms with Crippen LogP contribution in [-0.4, -0.2) is 205 Å². The molecule has 3 heterocycles. The molecule has 0 aliphatic carbocycles. The van der Waals surface area contributed by atoms with Crippen molar-refractivity contribution in [2.24, 2.45) is 11.8 Å². The topological polar surface area (TPSA) is 481 Å². The molecule has 32 heteroatoms. The second-order valence-electron chi connectivity index (χ2n) is 27.6. The van der Waals surface area contributed by atoms with Gasteiger partial charge in [0.05, 0.1) is 26.2 Å². The molecule has 582 valence electrons. The molecule has 0 radical (unpaired) electrons. The number of aromatic amines is 1. The first-order chi connectivity index (χ1) is 51.3. The number of methoxy groups -OCH3 is 1. The summed E-state index contributed by atoms with van der Waals surface area (Å²) in [5.74, 6) is -16.0. The molecule has 2 aliphatic heterocycles. The van der Waals surface area contributed by atoms with Gasteiger partial charge in [-0.15, -0.1) is 0 Å². The number of ether oxygens (including phenoxy) is 2. The van der Waals surface area contributed by atoms with E-state index in [2.05, 4.69) is 58.2 Å². The van der Waals surface area contributed by atoms with E-state index in [0.29, 0.717) is 27.9 Å². The summed E-state index contributed by atoms with van der Waals surface area (Å²) in [5.41, 5.74) is 3.31. The Bertz CT molecular complexity index is 4070. The summed E-state index contributed by atoms with van der Waals surface area (Å²) in [6, 6.07) is 11.4. The van der Waals surface area contributed by atoms with Crippen LogP contribution >= 0.6 is 0 Å². The molecule has 7 rings (SSSR count). The third kappa shape index (κ3) is 23.2. The van der Waals surface area contributed by atoms with Crippen LogP contribution in [-0.2, 0) is 79.9 Å². The molecule has 16 N–H and O–H groups in total. The predicted molar refractivity (Wildman–Crippen MR) is 391 cm³/mol. The van der Waals surface area contributed by atoms with Crippen LogP contribution < -0.4 is 57.9 Å². The van der Waals surface area contributed by atoms with Crippen LogP contribution in [0.5, 0.6) is 5.75 Å². The van der Waals surface area contributed by atoms with Gasteiger partial charge in [0, 0.05) is 42.4 Å². The Morgan fingerprint density at radius 1 is 0.667 bits per heavy atom. The van der Waals surface area contributed by atoms with Crippen LogP contribution in [0.3, 0.4) is 0 Å². The number of carboxylic acids is 1. The van der Waals surface area contributed by atoms with Crippen LogP contribution in [0.15, 0.2) is 109 Å². The molecular weight excluding hydrogens is 1400 g/mol. The van der Waals surface area contributed by atoms with E-state index >= 15 is 9.59 Å². The summed E-state index contributed by atoms with van der Waals surface area (Å²) >= 11 is 0. The van der Waals surface area contributed by atoms with Crippen LogP contribution in [0.25, 0.3) is 17.0 Å². The van der Waals surface area contributed by atoms with E-state index in [1.165, 1.54) is 76.4 Å². The van der Waals surface area contributed by atoms with E-state index in [4.69, 9.17) is 9.47 Å². The maximum absolute atomic E-state index is 15.2. The van der Waals surface area contributed by atoms with E-state index in [-0.39, 0.29) is 56.2 Å². The van der Waals surface area contributed by atoms with Gasteiger partial charge < -0.3 is 98.1 Å². The minimum atomic E-state index is -2.50. The number of benzene rings is 4. The fraction of sp³-hybridized carbons (Fsp3) is 0.461. The summed E-state index contributed by atoms with van der Waals surface area (Å²) < 4.78 is 11.1. The molecule has 0 spiro atoms. The number of nitrogens with zero attached hydrogens (tertiary/aromatic N) is 1. The highest BCUT2D eigenvalue weighted by Gasteiger charge is 2.44. The fourth-order valence-electron chi connectivity index (χ4n) is 12.7. The number of carbonyl (C=O) groups is 13. The summed E-state index contributed by atoms with van der Waals surface area (Å²) in [6.45, 7) is 11.2. The predicted octanol–water partition coefficient (Wildman–Crippen LogP) is 0.474. The minimum absolute atomic E-state index is 0.0302. The lowest BCUT2D eigenvalue weighted by atomic mass is 9.97. The molecule has 14 atom stereocenters. The lowest BCUT2D eigenvalue weighted by Gasteiger charge is -2.33. The number of hydrogen-bond acceptors (Lipinski definition) is 19. The number of allylic oxidation sites excluding steroid dienone is 1. The van der Waals surface area contributed by atoms with Crippen molar-refractivity contribution in [3.05, 3.63) is 143 Å². The summed E-state index contributed by atoms with van der Waals surface area (Å²) in [4.78, 5) is 190. The van der Waals surface area contributed by atoms with E-state index in [1.807, 2.05) is 31.2 Å². The Balaban J connectivity index is 1.28. The zero-order valence-corrected chi connectivity index (χ0v) is 61.6. The number of aliphatic carboxylic acids is 1. The van der Waals surface area contributed by atoms with Gasteiger partial charge in [0.1, 0.15) is 72.4 Å². The van der Waals surface area contributed by atoms with Crippen LogP contribution in [0.2, 0.25) is 0 Å². The number of aryl methyl sites for hydroxylation is 2. The smallest absolute Gasteiger partial charge is 0.331 e. The number of aliphatic hydroxyl groups is 4. The number of fused-ring (bicyclic) bond motifs is 2. The third-order valence-corrected chi connectivity index (χ3v) is 18.5. The molecule has 10 unspecified atom stereocenters. The number of hydrogen-bond donors (Lipinski definition) is 16. The highest BCUT2D eigenvalue weighted by Crippen LogP contribution is 2.28. The van der Waals surface area contributed by atoms with Crippen molar-refractivity contribution in [2.45, 2.75) is 192 Å². The highest BCUT2D eigenvalue weighted by molar-refractivity contribution is 6.00. The summed E-state index contributed by atoms with van der Waals surface area (Å²) in [5, 5.41) is 82.1. The first-order valence-electron chi connectivity index (χ1n) is 35.7. The lowest BCUT2D eigenvalue weighted by Crippen LogP contribution is -2.61. The number of cyclic esters (lactones) is 1. The van der Waals surface area contributed by atoms with Gasteiger partial charge in [-0.3, -0.25) is 57.5 Å². The molecule has 32 nitrogen and oxygen atoms in total. The quantitative estimate of drug-likeness (QED) is 0.0530. The van der Waals surface area contributed by atoms with E-state index in [0.717, 1.165) is 23.0 Å². The van der Waals surface area contributed by atoms with Gasteiger partial charge in [0.15, 0.2) is 6.04 Å². The number of amides is 11. The maximum Gasteiger partial charge on any atom is 0.331 e. The second kappa shape index (κ2) is 39.5. The number of aromatic nitrogens is 1. The molecular formula is C76H98N12O20. The second-order valence-corrected chi connectivity index (χ2v) is 27.6. The number of carboxylic acid groups (broad SMARTS) is 1. The number of nitrogens with one attached hydrogen (secondary N) is 11. The standard InChI is InChI=1S/C76H98N12O20/c1-10-19-44-20-14-15-21-45(44)29-32-57(89)80-53-35-41(6)108-76(106)62(63(93)40(4)5)86-69(99)52(34-39(2)3)83-73(103)74(104)87-70(100)54(36-50-42(7)78-51-25-17-16-24-49(50)51)82-72(102)60(64(94)47-27-30-48(107-9)31-28-47)85-71(101)56-26-18-33-88(56)75(105)61(65(95)46-22-12-11-13-23-46)84-58(90)38-77-67(97)55(37-59(91)92)81-66(96)43(8)79-68(53)98/h10-17,19-25,27-28,30-31,39-41,43,52-56,60-65,74,78,93-95,104H,18,26,29,32-38H2,1-9H3,(H,77,97)(H,79,98)(H,80,89)(H,81,96)(H,82,102)(H,83,103)(H,84,90)(H,85,101)(H,86,99)(H,87,100)(H,91,92)/b19-10-/t41?,43-,52-,53+,54?,55?,56?,60?,61?,62?,63-,64?,65?,74?/m0/s1. The summed E-state index contributed by atoms with van der Waals surface area (Å²) in [6.07, 6.45) is -7.90. The zero-order chi connectivity index (χ0) is 79.2. The summed E-state index contributed by atoms with van der Waals surface area (Å²) in [7, 11) is 1.38. The molecule has 2 aliphatic rings. The van der Waals surface area contributed by atoms with Crippen molar-refractivity contribution < 1.29 is 97.3 Å². The Hall–Kier alpha value is -11.1. The number of rotatable bonds is 18. The highest BCUT2D eigenvalue weighted by atomic mass is 16.5. The third-order valence-electron chi connectivity index (χ3n) is 18.5. The molecule has 0 saturated carbocycles. The minimum Gasteiger partial charge on any atom is -0.497 e. The Morgan fingerprint density at radius 2 is 1.29 bits per heavy atom. The molecule has 2 saturated heterocycles. The first-order valence-corrected chi connectivity index (χ1v) is 35.7. The van der Waals surface area contributed by atoms with E-state index in [1.54, 1.807) is 63.2 Å². The molecule has 0 bridgehead atoms. The average molecular weight is 1500 g/mol. The Labute approximate surface area is 624 Å².